The Morgan fingerprint density at radius 3 is 2.57 bits per heavy atom. The number of nitrogens with two attached hydrogens (primary N) is 1. The molecule has 0 aliphatic heterocycles. The first kappa shape index (κ1) is 26.1. The molecule has 0 saturated heterocycles. The van der Waals surface area contributed by atoms with Gasteiger partial charge in [0, 0.05) is 38.1 Å². The normalized spacial score (nSPS) is 12.0. The number of rotatable bonds is 6. The van der Waals surface area contributed by atoms with Gasteiger partial charge in [-0.25, -0.2) is 17.1 Å². The Morgan fingerprint density at radius 1 is 1.23 bits per heavy atom. The maximum absolute atomic E-state index is 14.2. The lowest BCUT2D eigenvalue weighted by molar-refractivity contribution is 0.521. The minimum Gasteiger partial charge on any atom is -0.336 e. The van der Waals surface area contributed by atoms with Gasteiger partial charge >= 0.3 is 0 Å². The summed E-state index contributed by atoms with van der Waals surface area (Å²) in [5.41, 5.74) is 9.18. The lowest BCUT2D eigenvalue weighted by Crippen LogP contribution is -2.22. The standard InChI is InChI=1S/C20H23FN4O2S.2ClH/c1-14-19(15-6-4-7-17(12-15)28(26,27)24(2)3)20-18(8-5-11-23-20)25(14)13-16(21)9-10-22;;/h4-9,11-12H,10,13,22H2,1-3H3;2*1H/b16-9-;;. The van der Waals surface area contributed by atoms with Crippen molar-refractivity contribution in [3.8, 4) is 11.1 Å². The zero-order chi connectivity index (χ0) is 20.5. The number of nitrogens with zero attached hydrogens (tertiary/aromatic N) is 3. The zero-order valence-corrected chi connectivity index (χ0v) is 19.3. The van der Waals surface area contributed by atoms with Gasteiger partial charge in [0.15, 0.2) is 0 Å². The third-order valence-corrected chi connectivity index (χ3v) is 6.44. The average molecular weight is 475 g/mol. The van der Waals surface area contributed by atoms with E-state index in [4.69, 9.17) is 5.73 Å². The van der Waals surface area contributed by atoms with Crippen LogP contribution in [0, 0.1) is 6.92 Å². The minimum atomic E-state index is -3.57. The second-order valence-electron chi connectivity index (χ2n) is 6.62. The number of aromatic nitrogens is 2. The monoisotopic (exact) mass is 474 g/mol. The third-order valence-electron chi connectivity index (χ3n) is 4.63. The van der Waals surface area contributed by atoms with Gasteiger partial charge in [0.1, 0.15) is 5.83 Å². The molecular weight excluding hydrogens is 450 g/mol. The van der Waals surface area contributed by atoms with Gasteiger partial charge in [-0.05, 0) is 42.8 Å². The SMILES string of the molecule is Cc1c(-c2cccc(S(=O)(=O)N(C)C)c2)c2ncccc2n1C/C(F)=C/CN.Cl.Cl. The summed E-state index contributed by atoms with van der Waals surface area (Å²) in [5, 5.41) is 0. The fourth-order valence-electron chi connectivity index (χ4n) is 3.21. The molecule has 0 bridgehead atoms. The van der Waals surface area contributed by atoms with Gasteiger partial charge in [0.2, 0.25) is 10.0 Å². The van der Waals surface area contributed by atoms with E-state index in [2.05, 4.69) is 4.98 Å². The Morgan fingerprint density at radius 2 is 1.93 bits per heavy atom. The molecule has 0 unspecified atom stereocenters. The summed E-state index contributed by atoms with van der Waals surface area (Å²) in [6.07, 6.45) is 3.01. The van der Waals surface area contributed by atoms with Crippen LogP contribution in [0.5, 0.6) is 0 Å². The van der Waals surface area contributed by atoms with E-state index in [9.17, 15) is 12.8 Å². The van der Waals surface area contributed by atoms with Gasteiger partial charge in [-0.2, -0.15) is 0 Å². The smallest absolute Gasteiger partial charge is 0.242 e. The molecule has 2 aromatic heterocycles. The van der Waals surface area contributed by atoms with Crippen molar-refractivity contribution in [2.24, 2.45) is 5.73 Å². The van der Waals surface area contributed by atoms with Gasteiger partial charge in [0.25, 0.3) is 0 Å². The summed E-state index contributed by atoms with van der Waals surface area (Å²) in [4.78, 5) is 4.67. The van der Waals surface area contributed by atoms with Crippen molar-refractivity contribution in [3.05, 3.63) is 60.2 Å². The molecule has 0 aliphatic rings. The largest absolute Gasteiger partial charge is 0.336 e. The maximum Gasteiger partial charge on any atom is 0.242 e. The Labute approximate surface area is 188 Å². The molecule has 0 radical (unpaired) electrons. The van der Waals surface area contributed by atoms with Crippen LogP contribution >= 0.6 is 24.8 Å². The molecule has 0 saturated carbocycles. The number of allylic oxidation sites excluding steroid dienone is 1. The van der Waals surface area contributed by atoms with Crippen molar-refractivity contribution in [2.75, 3.05) is 20.6 Å². The van der Waals surface area contributed by atoms with E-state index in [1.54, 1.807) is 30.5 Å². The van der Waals surface area contributed by atoms with Crippen LogP contribution in [0.15, 0.2) is 59.4 Å². The van der Waals surface area contributed by atoms with Gasteiger partial charge in [0.05, 0.1) is 22.5 Å². The van der Waals surface area contributed by atoms with Crippen molar-refractivity contribution in [2.45, 2.75) is 18.4 Å². The molecule has 164 valence electrons. The molecule has 0 spiro atoms. The Bertz CT molecular complexity index is 1160. The van der Waals surface area contributed by atoms with E-state index in [1.807, 2.05) is 23.6 Å². The van der Waals surface area contributed by atoms with Crippen LogP contribution in [-0.2, 0) is 16.6 Å². The Hall–Kier alpha value is -1.97. The minimum absolute atomic E-state index is 0. The molecule has 6 nitrogen and oxygen atoms in total. The van der Waals surface area contributed by atoms with Crippen molar-refractivity contribution in [1.82, 2.24) is 13.9 Å². The Balaban J connectivity index is 0.00000225. The fraction of sp³-hybridized carbons (Fsp3) is 0.250. The van der Waals surface area contributed by atoms with Crippen molar-refractivity contribution < 1.29 is 12.8 Å². The van der Waals surface area contributed by atoms with Gasteiger partial charge in [-0.1, -0.05) is 12.1 Å². The van der Waals surface area contributed by atoms with Crippen LogP contribution in [0.25, 0.3) is 22.2 Å². The highest BCUT2D eigenvalue weighted by atomic mass is 35.5. The molecule has 1 aromatic carbocycles. The molecule has 30 heavy (non-hydrogen) atoms. The topological polar surface area (TPSA) is 81.2 Å². The van der Waals surface area contributed by atoms with Crippen molar-refractivity contribution in [3.63, 3.8) is 0 Å². The number of pyridine rings is 1. The summed E-state index contributed by atoms with van der Waals surface area (Å²) < 4.78 is 42.2. The first-order valence-corrected chi connectivity index (χ1v) is 10.2. The number of hydrogen-bond acceptors (Lipinski definition) is 4. The maximum atomic E-state index is 14.2. The molecule has 0 atom stereocenters. The molecule has 10 heteroatoms. The lowest BCUT2D eigenvalue weighted by Gasteiger charge is -2.12. The highest BCUT2D eigenvalue weighted by Crippen LogP contribution is 2.35. The molecule has 0 fully saturated rings. The highest BCUT2D eigenvalue weighted by molar-refractivity contribution is 7.89. The first-order valence-electron chi connectivity index (χ1n) is 8.78. The first-order chi connectivity index (χ1) is 13.3. The number of hydrogen-bond donors (Lipinski definition) is 1. The van der Waals surface area contributed by atoms with E-state index in [-0.39, 0.29) is 48.6 Å². The summed E-state index contributed by atoms with van der Waals surface area (Å²) in [6.45, 7) is 2.04. The number of fused-ring (bicyclic) bond motifs is 1. The highest BCUT2D eigenvalue weighted by Gasteiger charge is 2.21. The van der Waals surface area contributed by atoms with Crippen LogP contribution in [-0.4, -0.2) is 42.9 Å². The molecule has 0 amide bonds. The van der Waals surface area contributed by atoms with E-state index in [1.165, 1.54) is 24.5 Å². The summed E-state index contributed by atoms with van der Waals surface area (Å²) >= 11 is 0. The molecule has 3 aromatic rings. The third kappa shape index (κ3) is 4.84. The zero-order valence-electron chi connectivity index (χ0n) is 16.9. The Kier molecular flexibility index (Phi) is 9.01. The summed E-state index contributed by atoms with van der Waals surface area (Å²) in [7, 11) is -0.583. The van der Waals surface area contributed by atoms with Gasteiger partial charge in [-0.3, -0.25) is 4.98 Å². The van der Waals surface area contributed by atoms with E-state index in [0.29, 0.717) is 11.1 Å². The van der Waals surface area contributed by atoms with Crippen molar-refractivity contribution in [1.29, 1.82) is 0 Å². The van der Waals surface area contributed by atoms with Crippen LogP contribution in [0.2, 0.25) is 0 Å². The average Bonchev–Trinajstić information content (AvgIpc) is 2.94. The molecule has 2 N–H and O–H groups in total. The molecule has 0 aliphatic carbocycles. The van der Waals surface area contributed by atoms with Crippen LogP contribution < -0.4 is 5.73 Å². The van der Waals surface area contributed by atoms with Gasteiger partial charge in [-0.15, -0.1) is 24.8 Å². The van der Waals surface area contributed by atoms with Gasteiger partial charge < -0.3 is 10.3 Å². The molecule has 2 heterocycles. The summed E-state index contributed by atoms with van der Waals surface area (Å²) in [5.74, 6) is -0.332. The summed E-state index contributed by atoms with van der Waals surface area (Å²) in [6, 6.07) is 10.4. The van der Waals surface area contributed by atoms with Crippen LogP contribution in [0.3, 0.4) is 0 Å². The van der Waals surface area contributed by atoms with Crippen LogP contribution in [0.1, 0.15) is 5.69 Å². The van der Waals surface area contributed by atoms with E-state index in [0.717, 1.165) is 16.8 Å². The number of sulfonamides is 1. The molecule has 3 rings (SSSR count). The predicted octanol–water partition coefficient (Wildman–Crippen LogP) is 3.92. The second kappa shape index (κ2) is 10.4. The van der Waals surface area contributed by atoms with E-state index < -0.39 is 10.0 Å². The number of benzene rings is 1. The predicted molar refractivity (Wildman–Crippen MR) is 124 cm³/mol. The number of halogens is 3. The second-order valence-corrected chi connectivity index (χ2v) is 8.77. The van der Waals surface area contributed by atoms with E-state index >= 15 is 0 Å². The lowest BCUT2D eigenvalue weighted by atomic mass is 10.1. The van der Waals surface area contributed by atoms with Crippen LogP contribution in [0.4, 0.5) is 4.39 Å². The molecular formula is C20H25Cl2FN4O2S. The quantitative estimate of drug-likeness (QED) is 0.586. The fourth-order valence-corrected chi connectivity index (χ4v) is 4.16. The van der Waals surface area contributed by atoms with Crippen molar-refractivity contribution >= 4 is 45.9 Å².